The van der Waals surface area contributed by atoms with E-state index >= 15 is 0 Å². The van der Waals surface area contributed by atoms with Gasteiger partial charge in [-0.25, -0.2) is 5.01 Å². The summed E-state index contributed by atoms with van der Waals surface area (Å²) < 4.78 is 0. The number of nitrogens with one attached hydrogen (secondary N) is 1. The molecule has 0 saturated carbocycles. The number of hydrogen-bond acceptors (Lipinski definition) is 2. The lowest BCUT2D eigenvalue weighted by atomic mass is 10.1. The molecule has 0 aliphatic carbocycles. The van der Waals surface area contributed by atoms with Gasteiger partial charge in [0.15, 0.2) is 0 Å². The van der Waals surface area contributed by atoms with Crippen molar-refractivity contribution in [2.45, 2.75) is 53.0 Å². The highest BCUT2D eigenvalue weighted by Crippen LogP contribution is 2.13. The van der Waals surface area contributed by atoms with Crippen molar-refractivity contribution >= 4 is 11.8 Å². The molecule has 1 N–H and O–H groups in total. The maximum atomic E-state index is 12.3. The summed E-state index contributed by atoms with van der Waals surface area (Å²) in [4.78, 5) is 24.7. The van der Waals surface area contributed by atoms with Crippen LogP contribution in [-0.2, 0) is 4.79 Å². The minimum atomic E-state index is -0.523. The van der Waals surface area contributed by atoms with Crippen LogP contribution >= 0.6 is 0 Å². The van der Waals surface area contributed by atoms with Crippen molar-refractivity contribution in [1.82, 2.24) is 10.4 Å². The van der Waals surface area contributed by atoms with Gasteiger partial charge in [0.25, 0.3) is 11.8 Å². The molecule has 0 saturated heterocycles. The smallest absolute Gasteiger partial charge is 0.269 e. The predicted molar refractivity (Wildman–Crippen MR) is 87.9 cm³/mol. The number of benzene rings is 1. The molecule has 2 amide bonds. The Morgan fingerprint density at radius 2 is 1.91 bits per heavy atom. The lowest BCUT2D eigenvalue weighted by molar-refractivity contribution is -0.138. The third kappa shape index (κ3) is 5.25. The number of hydrogen-bond donors (Lipinski definition) is 1. The number of rotatable bonds is 2. The van der Waals surface area contributed by atoms with Gasteiger partial charge in [-0.2, -0.15) is 0 Å². The van der Waals surface area contributed by atoms with Crippen molar-refractivity contribution in [3.05, 3.63) is 35.4 Å². The monoisotopic (exact) mass is 300 g/mol. The Labute approximate surface area is 132 Å². The highest BCUT2D eigenvalue weighted by molar-refractivity contribution is 5.95. The van der Waals surface area contributed by atoms with Gasteiger partial charge in [0, 0.05) is 12.0 Å². The van der Waals surface area contributed by atoms with Gasteiger partial charge in [0.1, 0.15) is 0 Å². The number of nitrogens with zero attached hydrogens (tertiary/aromatic N) is 1. The standard InChI is InChI=1S/C18H24N2O2/c1-6-7-8-12-16(21)20(18(3,4)5)19-17(22)15-11-9-10-14(2)13-15/h9-11,13H,6,12H2,1-5H3,(H,19,22). The number of carbonyl (C=O) groups is 2. The molecular weight excluding hydrogens is 276 g/mol. The van der Waals surface area contributed by atoms with E-state index in [4.69, 9.17) is 0 Å². The highest BCUT2D eigenvalue weighted by Gasteiger charge is 2.28. The SMILES string of the molecule is CCC#CCC(=O)N(NC(=O)c1cccc(C)c1)C(C)(C)C. The molecule has 1 rings (SSSR count). The summed E-state index contributed by atoms with van der Waals surface area (Å²) in [5, 5.41) is 1.36. The van der Waals surface area contributed by atoms with E-state index in [1.807, 2.05) is 46.8 Å². The van der Waals surface area contributed by atoms with Gasteiger partial charge >= 0.3 is 0 Å². The topological polar surface area (TPSA) is 49.4 Å². The summed E-state index contributed by atoms with van der Waals surface area (Å²) >= 11 is 0. The predicted octanol–water partition coefficient (Wildman–Crippen LogP) is 3.07. The summed E-state index contributed by atoms with van der Waals surface area (Å²) in [6.45, 7) is 9.46. The van der Waals surface area contributed by atoms with Crippen LogP contribution in [0.25, 0.3) is 0 Å². The van der Waals surface area contributed by atoms with Crippen LogP contribution in [0.4, 0.5) is 0 Å². The summed E-state index contributed by atoms with van der Waals surface area (Å²) in [5.74, 6) is 5.18. The summed E-state index contributed by atoms with van der Waals surface area (Å²) in [6, 6.07) is 7.26. The minimum absolute atomic E-state index is 0.0964. The number of amides is 2. The molecule has 0 aliphatic rings. The second-order valence-corrected chi connectivity index (χ2v) is 6.09. The number of carbonyl (C=O) groups excluding carboxylic acids is 2. The third-order valence-corrected chi connectivity index (χ3v) is 2.96. The molecule has 0 radical (unpaired) electrons. The van der Waals surface area contributed by atoms with Crippen LogP contribution in [0.2, 0.25) is 0 Å². The first-order valence-corrected chi connectivity index (χ1v) is 7.42. The van der Waals surface area contributed by atoms with E-state index in [1.54, 1.807) is 12.1 Å². The van der Waals surface area contributed by atoms with Crippen molar-refractivity contribution in [3.8, 4) is 11.8 Å². The molecule has 0 bridgehead atoms. The maximum Gasteiger partial charge on any atom is 0.269 e. The Morgan fingerprint density at radius 1 is 1.23 bits per heavy atom. The lowest BCUT2D eigenvalue weighted by Crippen LogP contribution is -2.55. The van der Waals surface area contributed by atoms with Crippen LogP contribution in [-0.4, -0.2) is 22.4 Å². The molecule has 0 atom stereocenters. The Bertz CT molecular complexity index is 603. The highest BCUT2D eigenvalue weighted by atomic mass is 16.2. The molecule has 0 fully saturated rings. The molecular formula is C18H24N2O2. The van der Waals surface area contributed by atoms with Gasteiger partial charge < -0.3 is 0 Å². The van der Waals surface area contributed by atoms with Gasteiger partial charge in [-0.3, -0.25) is 15.0 Å². The van der Waals surface area contributed by atoms with E-state index in [0.29, 0.717) is 12.0 Å². The van der Waals surface area contributed by atoms with E-state index in [-0.39, 0.29) is 18.2 Å². The number of aryl methyl sites for hydroxylation is 1. The quantitative estimate of drug-likeness (QED) is 0.674. The molecule has 4 heteroatoms. The van der Waals surface area contributed by atoms with Crippen molar-refractivity contribution in [2.75, 3.05) is 0 Å². The van der Waals surface area contributed by atoms with Crippen LogP contribution in [0.3, 0.4) is 0 Å². The van der Waals surface area contributed by atoms with E-state index in [2.05, 4.69) is 17.3 Å². The van der Waals surface area contributed by atoms with Gasteiger partial charge in [-0.15, -0.1) is 5.92 Å². The van der Waals surface area contributed by atoms with Crippen molar-refractivity contribution < 1.29 is 9.59 Å². The largest absolute Gasteiger partial charge is 0.272 e. The van der Waals surface area contributed by atoms with Crippen LogP contribution in [0.5, 0.6) is 0 Å². The van der Waals surface area contributed by atoms with Gasteiger partial charge in [0.05, 0.1) is 12.0 Å². The minimum Gasteiger partial charge on any atom is -0.272 e. The lowest BCUT2D eigenvalue weighted by Gasteiger charge is -2.35. The second-order valence-electron chi connectivity index (χ2n) is 6.09. The molecule has 22 heavy (non-hydrogen) atoms. The molecule has 0 aromatic heterocycles. The van der Waals surface area contributed by atoms with Crippen LogP contribution in [0.1, 0.15) is 56.5 Å². The van der Waals surface area contributed by atoms with E-state index in [1.165, 1.54) is 5.01 Å². The Morgan fingerprint density at radius 3 is 2.45 bits per heavy atom. The summed E-state index contributed by atoms with van der Waals surface area (Å²) in [5.41, 5.74) is 3.71. The summed E-state index contributed by atoms with van der Waals surface area (Å²) in [7, 11) is 0. The van der Waals surface area contributed by atoms with Gasteiger partial charge in [-0.05, 0) is 39.8 Å². The fourth-order valence-electron chi connectivity index (χ4n) is 1.90. The van der Waals surface area contributed by atoms with Crippen molar-refractivity contribution in [3.63, 3.8) is 0 Å². The van der Waals surface area contributed by atoms with Crippen LogP contribution in [0.15, 0.2) is 24.3 Å². The number of hydrazine groups is 1. The normalized spacial score (nSPS) is 10.4. The first-order chi connectivity index (χ1) is 10.3. The van der Waals surface area contributed by atoms with Crippen LogP contribution < -0.4 is 5.43 Å². The molecule has 0 unspecified atom stereocenters. The first kappa shape index (κ1) is 17.8. The Hall–Kier alpha value is -2.28. The van der Waals surface area contributed by atoms with Crippen LogP contribution in [0, 0.1) is 18.8 Å². The second kappa shape index (κ2) is 7.65. The van der Waals surface area contributed by atoms with E-state index in [0.717, 1.165) is 5.56 Å². The third-order valence-electron chi connectivity index (χ3n) is 2.96. The molecule has 4 nitrogen and oxygen atoms in total. The molecule has 1 aromatic carbocycles. The summed E-state index contributed by atoms with van der Waals surface area (Å²) in [6.07, 6.45) is 0.803. The molecule has 118 valence electrons. The molecule has 0 spiro atoms. The average molecular weight is 300 g/mol. The molecule has 0 aliphatic heterocycles. The van der Waals surface area contributed by atoms with Crippen molar-refractivity contribution in [2.24, 2.45) is 0 Å². The maximum absolute atomic E-state index is 12.3. The molecule has 0 heterocycles. The Kier molecular flexibility index (Phi) is 6.18. The van der Waals surface area contributed by atoms with Gasteiger partial charge in [0.2, 0.25) is 0 Å². The fraction of sp³-hybridized carbons (Fsp3) is 0.444. The Balaban J connectivity index is 2.90. The zero-order valence-electron chi connectivity index (χ0n) is 14.0. The van der Waals surface area contributed by atoms with E-state index in [9.17, 15) is 9.59 Å². The first-order valence-electron chi connectivity index (χ1n) is 7.42. The molecule has 1 aromatic rings. The van der Waals surface area contributed by atoms with E-state index < -0.39 is 5.54 Å². The fourth-order valence-corrected chi connectivity index (χ4v) is 1.90. The zero-order chi connectivity index (χ0) is 16.8. The average Bonchev–Trinajstić information content (AvgIpc) is 2.43. The van der Waals surface area contributed by atoms with Gasteiger partial charge in [-0.1, -0.05) is 30.5 Å². The van der Waals surface area contributed by atoms with Crippen molar-refractivity contribution in [1.29, 1.82) is 0 Å². The zero-order valence-corrected chi connectivity index (χ0v) is 14.0.